The highest BCUT2D eigenvalue weighted by Crippen LogP contribution is 2.31. The molecule has 2 saturated carbocycles. The zero-order valence-electron chi connectivity index (χ0n) is 12.6. The minimum Gasteiger partial charge on any atom is -0.314 e. The zero-order chi connectivity index (χ0) is 12.8. The molecular weight excluding hydrogens is 218 g/mol. The molecule has 18 heavy (non-hydrogen) atoms. The first kappa shape index (κ1) is 14.4. The van der Waals surface area contributed by atoms with Gasteiger partial charge in [-0.3, -0.25) is 0 Å². The molecule has 0 aromatic carbocycles. The lowest BCUT2D eigenvalue weighted by molar-refractivity contribution is 0.232. The van der Waals surface area contributed by atoms with E-state index in [1.807, 2.05) is 0 Å². The summed E-state index contributed by atoms with van der Waals surface area (Å²) in [6.07, 6.45) is 14.6. The van der Waals surface area contributed by atoms with Gasteiger partial charge in [0.25, 0.3) is 0 Å². The second-order valence-electron chi connectivity index (χ2n) is 6.94. The smallest absolute Gasteiger partial charge is 0.00952 e. The average Bonchev–Trinajstić information content (AvgIpc) is 2.39. The van der Waals surface area contributed by atoms with Crippen LogP contribution >= 0.6 is 0 Å². The summed E-state index contributed by atoms with van der Waals surface area (Å²) in [6.45, 7) is 6.08. The van der Waals surface area contributed by atoms with E-state index in [-0.39, 0.29) is 0 Å². The van der Waals surface area contributed by atoms with Crippen molar-refractivity contribution in [2.24, 2.45) is 17.8 Å². The molecule has 0 aliphatic heterocycles. The summed E-state index contributed by atoms with van der Waals surface area (Å²) >= 11 is 0. The van der Waals surface area contributed by atoms with Gasteiger partial charge < -0.3 is 5.32 Å². The molecule has 0 radical (unpaired) electrons. The minimum atomic E-state index is 0.838. The van der Waals surface area contributed by atoms with Crippen LogP contribution in [-0.2, 0) is 0 Å². The third-order valence-corrected chi connectivity index (χ3v) is 5.44. The molecule has 2 fully saturated rings. The molecule has 4 unspecified atom stereocenters. The summed E-state index contributed by atoms with van der Waals surface area (Å²) in [5.74, 6) is 2.97. The van der Waals surface area contributed by atoms with Crippen LogP contribution in [-0.4, -0.2) is 12.6 Å². The van der Waals surface area contributed by atoms with Gasteiger partial charge >= 0.3 is 0 Å². The molecule has 1 nitrogen and oxygen atoms in total. The summed E-state index contributed by atoms with van der Waals surface area (Å²) in [5, 5.41) is 3.88. The van der Waals surface area contributed by atoms with E-state index in [0.29, 0.717) is 0 Å². The zero-order valence-corrected chi connectivity index (χ0v) is 12.6. The first-order valence-electron chi connectivity index (χ1n) is 8.53. The van der Waals surface area contributed by atoms with Crippen molar-refractivity contribution in [3.63, 3.8) is 0 Å². The Bertz CT molecular complexity index is 226. The molecule has 0 saturated heterocycles. The lowest BCUT2D eigenvalue weighted by atomic mass is 9.80. The number of rotatable bonds is 5. The van der Waals surface area contributed by atoms with E-state index in [2.05, 4.69) is 19.2 Å². The predicted octanol–water partition coefficient (Wildman–Crippen LogP) is 4.76. The molecule has 2 rings (SSSR count). The summed E-state index contributed by atoms with van der Waals surface area (Å²) in [6, 6.07) is 0.838. The summed E-state index contributed by atoms with van der Waals surface area (Å²) < 4.78 is 0. The fourth-order valence-electron chi connectivity index (χ4n) is 4.26. The Hall–Kier alpha value is -0.0400. The van der Waals surface area contributed by atoms with Crippen molar-refractivity contribution < 1.29 is 0 Å². The SMILES string of the molecule is CCC1CCCCC1NCCC1CCCC(C)C1. The topological polar surface area (TPSA) is 12.0 Å². The van der Waals surface area contributed by atoms with E-state index in [1.165, 1.54) is 70.8 Å². The van der Waals surface area contributed by atoms with Gasteiger partial charge in [-0.05, 0) is 50.0 Å². The summed E-state index contributed by atoms with van der Waals surface area (Å²) in [7, 11) is 0. The van der Waals surface area contributed by atoms with Crippen molar-refractivity contribution in [2.75, 3.05) is 6.54 Å². The highest BCUT2D eigenvalue weighted by molar-refractivity contribution is 4.80. The Morgan fingerprint density at radius 1 is 1.00 bits per heavy atom. The van der Waals surface area contributed by atoms with Gasteiger partial charge in [0.1, 0.15) is 0 Å². The van der Waals surface area contributed by atoms with Crippen molar-refractivity contribution in [3.8, 4) is 0 Å². The van der Waals surface area contributed by atoms with Crippen LogP contribution in [0.25, 0.3) is 0 Å². The van der Waals surface area contributed by atoms with Crippen LogP contribution in [0.2, 0.25) is 0 Å². The van der Waals surface area contributed by atoms with E-state index < -0.39 is 0 Å². The normalized spacial score (nSPS) is 37.7. The van der Waals surface area contributed by atoms with Crippen molar-refractivity contribution in [2.45, 2.75) is 84.1 Å². The minimum absolute atomic E-state index is 0.838. The molecule has 0 aromatic rings. The molecule has 106 valence electrons. The Kier molecular flexibility index (Phi) is 6.01. The molecule has 0 amide bonds. The van der Waals surface area contributed by atoms with Crippen LogP contribution in [0.15, 0.2) is 0 Å². The van der Waals surface area contributed by atoms with Gasteiger partial charge in [0.2, 0.25) is 0 Å². The quantitative estimate of drug-likeness (QED) is 0.743. The van der Waals surface area contributed by atoms with Crippen LogP contribution < -0.4 is 5.32 Å². The van der Waals surface area contributed by atoms with E-state index >= 15 is 0 Å². The molecule has 2 aliphatic rings. The average molecular weight is 251 g/mol. The third kappa shape index (κ3) is 4.26. The molecular formula is C17H33N. The molecule has 2 aliphatic carbocycles. The monoisotopic (exact) mass is 251 g/mol. The first-order chi connectivity index (χ1) is 8.79. The maximum absolute atomic E-state index is 3.88. The lowest BCUT2D eigenvalue weighted by Crippen LogP contribution is -2.39. The third-order valence-electron chi connectivity index (χ3n) is 5.44. The first-order valence-corrected chi connectivity index (χ1v) is 8.53. The van der Waals surface area contributed by atoms with E-state index in [9.17, 15) is 0 Å². The Balaban J connectivity index is 1.64. The van der Waals surface area contributed by atoms with Crippen molar-refractivity contribution >= 4 is 0 Å². The largest absolute Gasteiger partial charge is 0.314 e. The van der Waals surface area contributed by atoms with Gasteiger partial charge in [-0.15, -0.1) is 0 Å². The molecule has 0 bridgehead atoms. The van der Waals surface area contributed by atoms with Crippen LogP contribution in [0, 0.1) is 17.8 Å². The highest BCUT2D eigenvalue weighted by atomic mass is 14.9. The molecule has 1 heteroatoms. The van der Waals surface area contributed by atoms with Crippen LogP contribution in [0.1, 0.15) is 78.1 Å². The van der Waals surface area contributed by atoms with Crippen molar-refractivity contribution in [1.82, 2.24) is 5.32 Å². The second kappa shape index (κ2) is 7.53. The van der Waals surface area contributed by atoms with Gasteiger partial charge in [-0.1, -0.05) is 52.4 Å². The van der Waals surface area contributed by atoms with Gasteiger partial charge in [0.15, 0.2) is 0 Å². The molecule has 0 spiro atoms. The Labute approximate surface area is 114 Å². The summed E-state index contributed by atoms with van der Waals surface area (Å²) in [5.41, 5.74) is 0. The van der Waals surface area contributed by atoms with Gasteiger partial charge in [0.05, 0.1) is 0 Å². The fourth-order valence-corrected chi connectivity index (χ4v) is 4.26. The number of nitrogens with one attached hydrogen (secondary N) is 1. The van der Waals surface area contributed by atoms with Gasteiger partial charge in [-0.2, -0.15) is 0 Å². The van der Waals surface area contributed by atoms with Crippen molar-refractivity contribution in [1.29, 1.82) is 0 Å². The maximum atomic E-state index is 3.88. The lowest BCUT2D eigenvalue weighted by Gasteiger charge is -2.33. The van der Waals surface area contributed by atoms with Gasteiger partial charge in [0, 0.05) is 6.04 Å². The van der Waals surface area contributed by atoms with E-state index in [1.54, 1.807) is 0 Å². The number of hydrogen-bond donors (Lipinski definition) is 1. The fraction of sp³-hybridized carbons (Fsp3) is 1.00. The van der Waals surface area contributed by atoms with E-state index in [4.69, 9.17) is 0 Å². The second-order valence-corrected chi connectivity index (χ2v) is 6.94. The van der Waals surface area contributed by atoms with E-state index in [0.717, 1.165) is 23.8 Å². The Morgan fingerprint density at radius 2 is 1.83 bits per heavy atom. The predicted molar refractivity (Wildman–Crippen MR) is 79.8 cm³/mol. The molecule has 0 heterocycles. The van der Waals surface area contributed by atoms with Crippen LogP contribution in [0.5, 0.6) is 0 Å². The molecule has 0 aromatic heterocycles. The maximum Gasteiger partial charge on any atom is 0.00952 e. The summed E-state index contributed by atoms with van der Waals surface area (Å²) in [4.78, 5) is 0. The number of hydrogen-bond acceptors (Lipinski definition) is 1. The van der Waals surface area contributed by atoms with Gasteiger partial charge in [-0.25, -0.2) is 0 Å². The molecule has 1 N–H and O–H groups in total. The highest BCUT2D eigenvalue weighted by Gasteiger charge is 2.24. The Morgan fingerprint density at radius 3 is 2.61 bits per heavy atom. The van der Waals surface area contributed by atoms with Crippen LogP contribution in [0.3, 0.4) is 0 Å². The van der Waals surface area contributed by atoms with Crippen LogP contribution in [0.4, 0.5) is 0 Å². The van der Waals surface area contributed by atoms with Crippen molar-refractivity contribution in [3.05, 3.63) is 0 Å². The molecule has 4 atom stereocenters. The standard InChI is InChI=1S/C17H33N/c1-3-16-9-4-5-10-17(16)18-12-11-15-8-6-7-14(2)13-15/h14-18H,3-13H2,1-2H3.